The van der Waals surface area contributed by atoms with Crippen LogP contribution in [0.15, 0.2) is 30.3 Å². The van der Waals surface area contributed by atoms with E-state index >= 15 is 0 Å². The first-order valence-electron chi connectivity index (χ1n) is 6.81. The topological polar surface area (TPSA) is 98.7 Å². The number of aliphatic carboxylic acids is 1. The number of benzene rings is 1. The van der Waals surface area contributed by atoms with E-state index in [0.717, 1.165) is 12.8 Å². The third-order valence-corrected chi connectivity index (χ3v) is 3.07. The maximum Gasteiger partial charge on any atom is 0.334 e. The summed E-state index contributed by atoms with van der Waals surface area (Å²) in [7, 11) is 0. The number of nitrogens with one attached hydrogen (secondary N) is 2. The van der Waals surface area contributed by atoms with E-state index in [1.54, 1.807) is 0 Å². The zero-order valence-electron chi connectivity index (χ0n) is 12.3. The molecule has 1 aromatic rings. The third kappa shape index (κ3) is 6.76. The number of aliphatic hydroxyl groups is 1. The first kappa shape index (κ1) is 17.0. The van der Waals surface area contributed by atoms with Gasteiger partial charge in [-0.2, -0.15) is 0 Å². The maximum atomic E-state index is 11.7. The molecule has 1 aromatic carbocycles. The van der Waals surface area contributed by atoms with E-state index in [1.807, 2.05) is 44.2 Å². The van der Waals surface area contributed by atoms with Crippen molar-refractivity contribution in [3.05, 3.63) is 35.9 Å². The molecule has 0 saturated carbocycles. The van der Waals surface area contributed by atoms with Gasteiger partial charge in [0.2, 0.25) is 0 Å². The van der Waals surface area contributed by atoms with E-state index < -0.39 is 23.6 Å². The van der Waals surface area contributed by atoms with Crippen LogP contribution >= 0.6 is 0 Å². The highest BCUT2D eigenvalue weighted by Crippen LogP contribution is 2.13. The van der Waals surface area contributed by atoms with E-state index in [9.17, 15) is 9.59 Å². The van der Waals surface area contributed by atoms with Gasteiger partial charge in [0.25, 0.3) is 0 Å². The second-order valence-corrected chi connectivity index (χ2v) is 5.56. The van der Waals surface area contributed by atoms with Gasteiger partial charge in [-0.15, -0.1) is 0 Å². The molecule has 0 aliphatic heterocycles. The Hall–Kier alpha value is -2.08. The summed E-state index contributed by atoms with van der Waals surface area (Å²) in [5.41, 5.74) is 0.753. The number of carbonyl (C=O) groups excluding carboxylic acids is 1. The number of aliphatic hydroxyl groups excluding tert-OH is 1. The Bertz CT molecular complexity index is 474. The standard InChI is InChI=1S/C15H22N2O4/c1-15(2,9-8-11-6-4-3-5-7-11)17-14(21)16-10-12(18)13(19)20/h3-7,12,18H,8-10H2,1-2H3,(H,19,20)(H2,16,17,21)/t12-/m0/s1. The fourth-order valence-corrected chi connectivity index (χ4v) is 1.79. The molecule has 0 bridgehead atoms. The number of amides is 2. The average Bonchev–Trinajstić information content (AvgIpc) is 2.43. The molecule has 6 heteroatoms. The minimum atomic E-state index is -1.59. The Morgan fingerprint density at radius 1 is 1.24 bits per heavy atom. The molecule has 4 N–H and O–H groups in total. The highest BCUT2D eigenvalue weighted by Gasteiger charge is 2.21. The van der Waals surface area contributed by atoms with Crippen LogP contribution in [-0.4, -0.2) is 40.4 Å². The fourth-order valence-electron chi connectivity index (χ4n) is 1.79. The molecule has 0 heterocycles. The van der Waals surface area contributed by atoms with Gasteiger partial charge < -0.3 is 20.8 Å². The molecule has 0 spiro atoms. The maximum absolute atomic E-state index is 11.7. The summed E-state index contributed by atoms with van der Waals surface area (Å²) in [6.45, 7) is 3.46. The number of hydrogen-bond acceptors (Lipinski definition) is 3. The van der Waals surface area contributed by atoms with Gasteiger partial charge in [0, 0.05) is 5.54 Å². The smallest absolute Gasteiger partial charge is 0.334 e. The number of carboxylic acids is 1. The van der Waals surface area contributed by atoms with Crippen molar-refractivity contribution >= 4 is 12.0 Å². The van der Waals surface area contributed by atoms with Crippen molar-refractivity contribution in [2.24, 2.45) is 0 Å². The summed E-state index contributed by atoms with van der Waals surface area (Å²) in [5.74, 6) is -1.36. The van der Waals surface area contributed by atoms with Gasteiger partial charge in [-0.05, 0) is 32.3 Å². The number of aryl methyl sites for hydroxylation is 1. The fraction of sp³-hybridized carbons (Fsp3) is 0.467. The second-order valence-electron chi connectivity index (χ2n) is 5.56. The summed E-state index contributed by atoms with van der Waals surface area (Å²) in [5, 5.41) is 22.7. The molecule has 0 aliphatic rings. The zero-order chi connectivity index (χ0) is 15.9. The molecule has 0 saturated heterocycles. The van der Waals surface area contributed by atoms with Gasteiger partial charge in [-0.25, -0.2) is 9.59 Å². The van der Waals surface area contributed by atoms with E-state index in [-0.39, 0.29) is 6.54 Å². The van der Waals surface area contributed by atoms with Crippen LogP contribution in [0.25, 0.3) is 0 Å². The van der Waals surface area contributed by atoms with E-state index in [0.29, 0.717) is 0 Å². The Kier molecular flexibility index (Phi) is 6.17. The lowest BCUT2D eigenvalue weighted by Crippen LogP contribution is -2.50. The lowest BCUT2D eigenvalue weighted by Gasteiger charge is -2.26. The summed E-state index contributed by atoms with van der Waals surface area (Å²) < 4.78 is 0. The van der Waals surface area contributed by atoms with Crippen molar-refractivity contribution in [2.75, 3.05) is 6.54 Å². The molecule has 116 valence electrons. The molecule has 0 unspecified atom stereocenters. The van der Waals surface area contributed by atoms with Gasteiger partial charge in [-0.1, -0.05) is 30.3 Å². The van der Waals surface area contributed by atoms with Crippen molar-refractivity contribution in [2.45, 2.75) is 38.3 Å². The molecule has 21 heavy (non-hydrogen) atoms. The van der Waals surface area contributed by atoms with Crippen molar-refractivity contribution < 1.29 is 19.8 Å². The van der Waals surface area contributed by atoms with Crippen molar-refractivity contribution in [1.29, 1.82) is 0 Å². The Morgan fingerprint density at radius 2 is 1.86 bits per heavy atom. The first-order valence-corrected chi connectivity index (χ1v) is 6.81. The average molecular weight is 294 g/mol. The Balaban J connectivity index is 2.37. The summed E-state index contributed by atoms with van der Waals surface area (Å²) in [6, 6.07) is 9.45. The number of hydrogen-bond donors (Lipinski definition) is 4. The predicted octanol–water partition coefficient (Wildman–Crippen LogP) is 1.14. The van der Waals surface area contributed by atoms with Gasteiger partial charge >= 0.3 is 12.0 Å². The lowest BCUT2D eigenvalue weighted by atomic mass is 9.95. The van der Waals surface area contributed by atoms with E-state index in [1.165, 1.54) is 5.56 Å². The molecule has 1 rings (SSSR count). The van der Waals surface area contributed by atoms with Crippen LogP contribution in [0.5, 0.6) is 0 Å². The summed E-state index contributed by atoms with van der Waals surface area (Å²) in [4.78, 5) is 22.1. The first-order chi connectivity index (χ1) is 9.80. The van der Waals surface area contributed by atoms with E-state index in [4.69, 9.17) is 10.2 Å². The number of carboxylic acid groups (broad SMARTS) is 1. The molecule has 2 amide bonds. The largest absolute Gasteiger partial charge is 0.479 e. The monoisotopic (exact) mass is 294 g/mol. The zero-order valence-corrected chi connectivity index (χ0v) is 12.3. The number of urea groups is 1. The van der Waals surface area contributed by atoms with Gasteiger partial charge in [-0.3, -0.25) is 0 Å². The summed E-state index contributed by atoms with van der Waals surface area (Å²) in [6.07, 6.45) is -0.0270. The third-order valence-electron chi connectivity index (χ3n) is 3.07. The molecule has 0 aromatic heterocycles. The Morgan fingerprint density at radius 3 is 2.43 bits per heavy atom. The molecular formula is C15H22N2O4. The molecule has 0 radical (unpaired) electrons. The van der Waals surface area contributed by atoms with Crippen LogP contribution in [0.2, 0.25) is 0 Å². The normalized spacial score (nSPS) is 12.5. The highest BCUT2D eigenvalue weighted by atomic mass is 16.4. The highest BCUT2D eigenvalue weighted by molar-refractivity contribution is 5.77. The van der Waals surface area contributed by atoms with Crippen LogP contribution in [0.4, 0.5) is 4.79 Å². The minimum Gasteiger partial charge on any atom is -0.479 e. The van der Waals surface area contributed by atoms with Gasteiger partial charge in [0.15, 0.2) is 6.10 Å². The minimum absolute atomic E-state index is 0.323. The van der Waals surface area contributed by atoms with Crippen molar-refractivity contribution in [3.63, 3.8) is 0 Å². The van der Waals surface area contributed by atoms with Gasteiger partial charge in [0.05, 0.1) is 6.54 Å². The van der Waals surface area contributed by atoms with E-state index in [2.05, 4.69) is 10.6 Å². The van der Waals surface area contributed by atoms with Crippen LogP contribution in [0.1, 0.15) is 25.8 Å². The second kappa shape index (κ2) is 7.64. The molecular weight excluding hydrogens is 272 g/mol. The van der Waals surface area contributed by atoms with Gasteiger partial charge in [0.1, 0.15) is 0 Å². The van der Waals surface area contributed by atoms with Crippen molar-refractivity contribution in [1.82, 2.24) is 10.6 Å². The lowest BCUT2D eigenvalue weighted by molar-refractivity contribution is -0.146. The molecule has 0 fully saturated rings. The van der Waals surface area contributed by atoms with Crippen LogP contribution in [0, 0.1) is 0 Å². The van der Waals surface area contributed by atoms with Crippen LogP contribution in [-0.2, 0) is 11.2 Å². The molecule has 0 aliphatic carbocycles. The predicted molar refractivity (Wildman–Crippen MR) is 79.0 cm³/mol. The van der Waals surface area contributed by atoms with Crippen LogP contribution in [0.3, 0.4) is 0 Å². The number of rotatable bonds is 7. The van der Waals surface area contributed by atoms with Crippen LogP contribution < -0.4 is 10.6 Å². The SMILES string of the molecule is CC(C)(CCc1ccccc1)NC(=O)NC[C@H](O)C(=O)O. The molecule has 1 atom stereocenters. The summed E-state index contributed by atoms with van der Waals surface area (Å²) >= 11 is 0. The Labute approximate surface area is 124 Å². The number of carbonyl (C=O) groups is 2. The molecule has 6 nitrogen and oxygen atoms in total. The quantitative estimate of drug-likeness (QED) is 0.606. The van der Waals surface area contributed by atoms with Crippen molar-refractivity contribution in [3.8, 4) is 0 Å².